The average Bonchev–Trinajstić information content (AvgIpc) is 3.12. The second kappa shape index (κ2) is 37.3. The van der Waals surface area contributed by atoms with Crippen LogP contribution in [0.4, 0.5) is 0 Å². The summed E-state index contributed by atoms with van der Waals surface area (Å²) in [6.07, 6.45) is 46.6. The molecule has 0 saturated carbocycles. The number of allylic oxidation sites excluding steroid dienone is 12. The second-order valence-electron chi connectivity index (χ2n) is 12.7. The van der Waals surface area contributed by atoms with Crippen LogP contribution in [0.15, 0.2) is 72.9 Å². The number of rotatable bonds is 35. The van der Waals surface area contributed by atoms with E-state index < -0.39 is 32.5 Å². The molecule has 0 aromatic heterocycles. The van der Waals surface area contributed by atoms with Gasteiger partial charge in [0.25, 0.3) is 0 Å². The first-order valence-electron chi connectivity index (χ1n) is 19.6. The van der Waals surface area contributed by atoms with Crippen molar-refractivity contribution in [2.24, 2.45) is 0 Å². The van der Waals surface area contributed by atoms with Gasteiger partial charge in [-0.3, -0.25) is 18.6 Å². The molecular weight excluding hydrogens is 663 g/mol. The smallest absolute Gasteiger partial charge is 0.462 e. The third-order valence-electron chi connectivity index (χ3n) is 7.93. The van der Waals surface area contributed by atoms with Crippen LogP contribution in [0.1, 0.15) is 155 Å². The Morgan fingerprint density at radius 1 is 0.569 bits per heavy atom. The van der Waals surface area contributed by atoms with Gasteiger partial charge in [0.2, 0.25) is 0 Å². The number of ether oxygens (including phenoxy) is 2. The largest absolute Gasteiger partial charge is 0.472 e. The summed E-state index contributed by atoms with van der Waals surface area (Å²) in [6, 6.07) is 0. The highest BCUT2D eigenvalue weighted by molar-refractivity contribution is 7.47. The lowest BCUT2D eigenvalue weighted by Crippen LogP contribution is -2.29. The van der Waals surface area contributed by atoms with Crippen LogP contribution in [0.2, 0.25) is 0 Å². The van der Waals surface area contributed by atoms with Crippen LogP contribution in [-0.2, 0) is 32.7 Å². The van der Waals surface area contributed by atoms with Crippen molar-refractivity contribution >= 4 is 19.8 Å². The van der Waals surface area contributed by atoms with Crippen LogP contribution >= 0.6 is 7.82 Å². The summed E-state index contributed by atoms with van der Waals surface area (Å²) in [6.45, 7) is 3.70. The van der Waals surface area contributed by atoms with Gasteiger partial charge >= 0.3 is 19.8 Å². The first-order valence-corrected chi connectivity index (χ1v) is 21.1. The number of phosphoric acid groups is 1. The molecule has 0 saturated heterocycles. The van der Waals surface area contributed by atoms with E-state index >= 15 is 0 Å². The van der Waals surface area contributed by atoms with Gasteiger partial charge in [-0.2, -0.15) is 0 Å². The quantitative estimate of drug-likeness (QED) is 0.0297. The standard InChI is InChI=1S/C42H71O8P/c1-4-6-8-10-12-14-16-18-19-20-21-22-23-25-27-29-31-33-35-37-42(44)50-40(39-49-51(45,46)47-3)38-48-41(43)36-34-32-30-28-26-24-17-15-13-11-9-7-5-2/h6,8,12,14-15,17-19,21-22,25,27,40H,4-5,7,9-11,13,16,20,23-24,26,28-39H2,1-3H3,(H,45,46)/b8-6-,14-12-,17-15-,19-18-,22-21-,27-25-. The van der Waals surface area contributed by atoms with E-state index in [2.05, 4.69) is 91.3 Å². The third kappa shape index (κ3) is 37.1. The molecule has 0 radical (unpaired) electrons. The van der Waals surface area contributed by atoms with E-state index in [4.69, 9.17) is 14.0 Å². The second-order valence-corrected chi connectivity index (χ2v) is 14.2. The van der Waals surface area contributed by atoms with Crippen LogP contribution in [0.25, 0.3) is 0 Å². The molecule has 0 amide bonds. The number of carbonyl (C=O) groups excluding carboxylic acids is 2. The van der Waals surface area contributed by atoms with Crippen molar-refractivity contribution in [3.8, 4) is 0 Å². The van der Waals surface area contributed by atoms with Gasteiger partial charge in [0.1, 0.15) is 6.61 Å². The molecule has 51 heavy (non-hydrogen) atoms. The molecule has 2 atom stereocenters. The minimum atomic E-state index is -4.27. The molecule has 8 nitrogen and oxygen atoms in total. The fourth-order valence-corrected chi connectivity index (χ4v) is 5.37. The predicted molar refractivity (Wildman–Crippen MR) is 211 cm³/mol. The normalized spacial score (nSPS) is 14.2. The molecule has 0 aliphatic carbocycles. The Morgan fingerprint density at radius 2 is 1.00 bits per heavy atom. The van der Waals surface area contributed by atoms with Crippen molar-refractivity contribution in [3.05, 3.63) is 72.9 Å². The predicted octanol–water partition coefficient (Wildman–Crippen LogP) is 12.2. The number of phosphoric ester groups is 1. The summed E-state index contributed by atoms with van der Waals surface area (Å²) < 4.78 is 31.9. The van der Waals surface area contributed by atoms with Crippen LogP contribution in [0.5, 0.6) is 0 Å². The van der Waals surface area contributed by atoms with Gasteiger partial charge in [-0.25, -0.2) is 4.57 Å². The zero-order valence-electron chi connectivity index (χ0n) is 32.2. The first-order chi connectivity index (χ1) is 24.8. The topological polar surface area (TPSA) is 108 Å². The molecule has 2 unspecified atom stereocenters. The SMILES string of the molecule is CC/C=C\C/C=C\C/C=C\C/C=C\C/C=C\CCCCCC(=O)OC(COC(=O)CCCCCCC/C=C\CCCCCC)COP(=O)(O)OC. The zero-order valence-corrected chi connectivity index (χ0v) is 33.1. The Balaban J connectivity index is 4.15. The fourth-order valence-electron chi connectivity index (χ4n) is 4.91. The molecule has 0 aromatic rings. The van der Waals surface area contributed by atoms with Crippen LogP contribution in [0, 0.1) is 0 Å². The van der Waals surface area contributed by atoms with Crippen molar-refractivity contribution < 1.29 is 37.6 Å². The van der Waals surface area contributed by atoms with E-state index in [0.29, 0.717) is 6.42 Å². The molecule has 0 fully saturated rings. The van der Waals surface area contributed by atoms with Gasteiger partial charge in [0.15, 0.2) is 6.10 Å². The van der Waals surface area contributed by atoms with Crippen LogP contribution in [-0.4, -0.2) is 43.3 Å². The number of hydrogen-bond acceptors (Lipinski definition) is 7. The molecule has 0 heterocycles. The average molecular weight is 735 g/mol. The maximum Gasteiger partial charge on any atom is 0.472 e. The van der Waals surface area contributed by atoms with E-state index in [1.807, 2.05) is 0 Å². The molecule has 292 valence electrons. The van der Waals surface area contributed by atoms with E-state index in [-0.39, 0.29) is 19.4 Å². The molecule has 0 aromatic carbocycles. The lowest BCUT2D eigenvalue weighted by Gasteiger charge is -2.19. The van der Waals surface area contributed by atoms with Crippen molar-refractivity contribution in [3.63, 3.8) is 0 Å². The van der Waals surface area contributed by atoms with E-state index in [1.54, 1.807) is 0 Å². The maximum absolute atomic E-state index is 12.5. The first kappa shape index (κ1) is 48.5. The van der Waals surface area contributed by atoms with E-state index in [0.717, 1.165) is 97.0 Å². The summed E-state index contributed by atoms with van der Waals surface area (Å²) in [5.41, 5.74) is 0. The van der Waals surface area contributed by atoms with Crippen molar-refractivity contribution in [1.29, 1.82) is 0 Å². The molecular formula is C42H71O8P. The summed E-state index contributed by atoms with van der Waals surface area (Å²) in [5.74, 6) is -0.859. The Labute approximate surface area is 311 Å². The molecule has 0 rings (SSSR count). The van der Waals surface area contributed by atoms with Crippen molar-refractivity contribution in [2.45, 2.75) is 161 Å². The summed E-state index contributed by atoms with van der Waals surface area (Å²) in [5, 5.41) is 0. The Morgan fingerprint density at radius 3 is 1.53 bits per heavy atom. The highest BCUT2D eigenvalue weighted by Gasteiger charge is 2.24. The summed E-state index contributed by atoms with van der Waals surface area (Å²) in [4.78, 5) is 34.4. The number of unbranched alkanes of at least 4 members (excludes halogenated alkanes) is 12. The highest BCUT2D eigenvalue weighted by Crippen LogP contribution is 2.42. The maximum atomic E-state index is 12.5. The van der Waals surface area contributed by atoms with Gasteiger partial charge in [-0.1, -0.05) is 132 Å². The highest BCUT2D eigenvalue weighted by atomic mass is 31.2. The number of hydrogen-bond donors (Lipinski definition) is 1. The van der Waals surface area contributed by atoms with Crippen molar-refractivity contribution in [1.82, 2.24) is 0 Å². The van der Waals surface area contributed by atoms with Gasteiger partial charge in [-0.05, 0) is 83.5 Å². The third-order valence-corrected chi connectivity index (χ3v) is 8.87. The van der Waals surface area contributed by atoms with Gasteiger partial charge in [0.05, 0.1) is 6.61 Å². The number of esters is 2. The molecule has 9 heteroatoms. The summed E-state index contributed by atoms with van der Waals surface area (Å²) in [7, 11) is -3.22. The Bertz CT molecular complexity index is 1060. The molecule has 0 aliphatic heterocycles. The van der Waals surface area contributed by atoms with Gasteiger partial charge < -0.3 is 14.4 Å². The van der Waals surface area contributed by atoms with Gasteiger partial charge in [-0.15, -0.1) is 0 Å². The van der Waals surface area contributed by atoms with E-state index in [1.165, 1.54) is 32.1 Å². The minimum Gasteiger partial charge on any atom is -0.462 e. The number of carbonyl (C=O) groups is 2. The minimum absolute atomic E-state index is 0.200. The monoisotopic (exact) mass is 734 g/mol. The zero-order chi connectivity index (χ0) is 37.5. The lowest BCUT2D eigenvalue weighted by molar-refractivity contribution is -0.161. The summed E-state index contributed by atoms with van der Waals surface area (Å²) >= 11 is 0. The molecule has 0 aliphatic rings. The lowest BCUT2D eigenvalue weighted by atomic mass is 10.1. The van der Waals surface area contributed by atoms with Crippen LogP contribution in [0.3, 0.4) is 0 Å². The fraction of sp³-hybridized carbons (Fsp3) is 0.667. The molecule has 0 bridgehead atoms. The van der Waals surface area contributed by atoms with Crippen molar-refractivity contribution in [2.75, 3.05) is 20.3 Å². The Hall–Kier alpha value is -2.51. The Kier molecular flexibility index (Phi) is 35.4. The van der Waals surface area contributed by atoms with Crippen LogP contribution < -0.4 is 0 Å². The van der Waals surface area contributed by atoms with Gasteiger partial charge in [0, 0.05) is 20.0 Å². The molecule has 1 N–H and O–H groups in total. The molecule has 0 spiro atoms. The van der Waals surface area contributed by atoms with E-state index in [9.17, 15) is 19.0 Å².